The second-order valence-electron chi connectivity index (χ2n) is 5.81. The van der Waals surface area contributed by atoms with Gasteiger partial charge in [-0.1, -0.05) is 6.07 Å². The number of hydrogen-bond donors (Lipinski definition) is 1. The number of benzene rings is 1. The highest BCUT2D eigenvalue weighted by Gasteiger charge is 2.19. The number of nitrogens with zero attached hydrogens (tertiary/aromatic N) is 1. The van der Waals surface area contributed by atoms with Crippen LogP contribution in [0.3, 0.4) is 0 Å². The Morgan fingerprint density at radius 1 is 1.26 bits per heavy atom. The zero-order valence-corrected chi connectivity index (χ0v) is 12.2. The first-order valence-electron chi connectivity index (χ1n) is 7.33. The highest BCUT2D eigenvalue weighted by Crippen LogP contribution is 2.22. The third-order valence-corrected chi connectivity index (χ3v) is 4.12. The van der Waals surface area contributed by atoms with Crippen molar-refractivity contribution in [3.05, 3.63) is 29.6 Å². The van der Waals surface area contributed by atoms with E-state index < -0.39 is 0 Å². The Morgan fingerprint density at radius 3 is 2.79 bits per heavy atom. The molecule has 2 rings (SSSR count). The van der Waals surface area contributed by atoms with Gasteiger partial charge in [0.15, 0.2) is 0 Å². The molecular formula is C16H25FN2. The van der Waals surface area contributed by atoms with Crippen LogP contribution in [-0.4, -0.2) is 30.1 Å². The van der Waals surface area contributed by atoms with E-state index in [9.17, 15) is 4.39 Å². The minimum Gasteiger partial charge on any atom is -0.382 e. The van der Waals surface area contributed by atoms with Gasteiger partial charge in [-0.15, -0.1) is 0 Å². The summed E-state index contributed by atoms with van der Waals surface area (Å²) in [6.45, 7) is 8.66. The number of anilines is 1. The molecule has 0 bridgehead atoms. The Balaban J connectivity index is 1.98. The molecular weight excluding hydrogens is 239 g/mol. The highest BCUT2D eigenvalue weighted by atomic mass is 19.1. The van der Waals surface area contributed by atoms with Gasteiger partial charge in [-0.3, -0.25) is 0 Å². The first kappa shape index (κ1) is 14.3. The molecule has 3 heteroatoms. The molecule has 106 valence electrons. The molecule has 0 radical (unpaired) electrons. The summed E-state index contributed by atoms with van der Waals surface area (Å²) in [7, 11) is 0. The molecule has 1 heterocycles. The zero-order chi connectivity index (χ0) is 13.8. The minimum absolute atomic E-state index is 0.123. The normalized spacial score (nSPS) is 21.4. The fourth-order valence-electron chi connectivity index (χ4n) is 2.76. The van der Waals surface area contributed by atoms with Crippen LogP contribution in [0.25, 0.3) is 0 Å². The van der Waals surface area contributed by atoms with Crippen LogP contribution >= 0.6 is 0 Å². The maximum Gasteiger partial charge on any atom is 0.128 e. The molecule has 1 atom stereocenters. The van der Waals surface area contributed by atoms with E-state index in [2.05, 4.69) is 24.1 Å². The van der Waals surface area contributed by atoms with Crippen molar-refractivity contribution >= 4 is 5.69 Å². The van der Waals surface area contributed by atoms with Gasteiger partial charge in [0.1, 0.15) is 5.82 Å². The Hall–Kier alpha value is -1.09. The van der Waals surface area contributed by atoms with Gasteiger partial charge < -0.3 is 10.2 Å². The van der Waals surface area contributed by atoms with E-state index in [4.69, 9.17) is 0 Å². The Bertz CT molecular complexity index is 417. The molecule has 19 heavy (non-hydrogen) atoms. The van der Waals surface area contributed by atoms with Gasteiger partial charge >= 0.3 is 0 Å². The number of hydrogen-bond acceptors (Lipinski definition) is 2. The fraction of sp³-hybridized carbons (Fsp3) is 0.625. The van der Waals surface area contributed by atoms with E-state index in [1.807, 2.05) is 13.0 Å². The first-order valence-corrected chi connectivity index (χ1v) is 7.33. The number of rotatable bonds is 3. The predicted octanol–water partition coefficient (Wildman–Crippen LogP) is 3.81. The molecule has 1 aliphatic heterocycles. The zero-order valence-electron chi connectivity index (χ0n) is 12.2. The van der Waals surface area contributed by atoms with Gasteiger partial charge in [0, 0.05) is 29.9 Å². The standard InChI is InChI=1S/C16H25FN2/c1-12(2)19-10-5-6-14(9-11-19)18-16-8-4-7-15(17)13(16)3/h4,7-8,12,14,18H,5-6,9-11H2,1-3H3. The summed E-state index contributed by atoms with van der Waals surface area (Å²) in [5, 5.41) is 3.52. The van der Waals surface area contributed by atoms with Crippen molar-refractivity contribution in [3.63, 3.8) is 0 Å². The van der Waals surface area contributed by atoms with E-state index in [0.29, 0.717) is 12.1 Å². The molecule has 1 aromatic rings. The van der Waals surface area contributed by atoms with Crippen molar-refractivity contribution in [3.8, 4) is 0 Å². The van der Waals surface area contributed by atoms with Crippen molar-refractivity contribution in [1.82, 2.24) is 4.90 Å². The molecule has 1 aromatic carbocycles. The van der Waals surface area contributed by atoms with Crippen molar-refractivity contribution in [2.75, 3.05) is 18.4 Å². The third-order valence-electron chi connectivity index (χ3n) is 4.12. The molecule has 0 spiro atoms. The molecule has 1 aliphatic rings. The summed E-state index contributed by atoms with van der Waals surface area (Å²) in [5.41, 5.74) is 1.68. The van der Waals surface area contributed by atoms with E-state index in [1.165, 1.54) is 25.5 Å². The van der Waals surface area contributed by atoms with E-state index in [-0.39, 0.29) is 5.82 Å². The Morgan fingerprint density at radius 2 is 2.05 bits per heavy atom. The second kappa shape index (κ2) is 6.38. The van der Waals surface area contributed by atoms with Gasteiger partial charge in [-0.2, -0.15) is 0 Å². The smallest absolute Gasteiger partial charge is 0.128 e. The Kier molecular flexibility index (Phi) is 4.81. The van der Waals surface area contributed by atoms with Gasteiger partial charge in [-0.25, -0.2) is 4.39 Å². The van der Waals surface area contributed by atoms with Crippen LogP contribution in [-0.2, 0) is 0 Å². The monoisotopic (exact) mass is 264 g/mol. The van der Waals surface area contributed by atoms with E-state index in [0.717, 1.165) is 24.2 Å². The van der Waals surface area contributed by atoms with Crippen LogP contribution in [0.2, 0.25) is 0 Å². The van der Waals surface area contributed by atoms with E-state index >= 15 is 0 Å². The van der Waals surface area contributed by atoms with Gasteiger partial charge in [0.25, 0.3) is 0 Å². The van der Waals surface area contributed by atoms with Crippen LogP contribution < -0.4 is 5.32 Å². The summed E-state index contributed by atoms with van der Waals surface area (Å²) in [5.74, 6) is -0.123. The molecule has 0 aromatic heterocycles. The number of halogens is 1. The third kappa shape index (κ3) is 3.69. The summed E-state index contributed by atoms with van der Waals surface area (Å²) in [6.07, 6.45) is 3.51. The van der Waals surface area contributed by atoms with Gasteiger partial charge in [0.2, 0.25) is 0 Å². The maximum atomic E-state index is 13.5. The van der Waals surface area contributed by atoms with E-state index in [1.54, 1.807) is 6.07 Å². The largest absolute Gasteiger partial charge is 0.382 e. The van der Waals surface area contributed by atoms with Crippen LogP contribution in [0, 0.1) is 12.7 Å². The topological polar surface area (TPSA) is 15.3 Å². The second-order valence-corrected chi connectivity index (χ2v) is 5.81. The SMILES string of the molecule is Cc1c(F)cccc1NC1CCCN(C(C)C)CC1. The average Bonchev–Trinajstić information content (AvgIpc) is 2.60. The minimum atomic E-state index is -0.123. The molecule has 1 N–H and O–H groups in total. The highest BCUT2D eigenvalue weighted by molar-refractivity contribution is 5.51. The van der Waals surface area contributed by atoms with Gasteiger partial charge in [0.05, 0.1) is 0 Å². The summed E-state index contributed by atoms with van der Waals surface area (Å²) >= 11 is 0. The quantitative estimate of drug-likeness (QED) is 0.893. The fourth-order valence-corrected chi connectivity index (χ4v) is 2.76. The molecule has 1 unspecified atom stereocenters. The molecule has 0 saturated carbocycles. The van der Waals surface area contributed by atoms with Gasteiger partial charge in [-0.05, 0) is 58.7 Å². The Labute approximate surface area is 116 Å². The maximum absolute atomic E-state index is 13.5. The van der Waals surface area contributed by atoms with Crippen molar-refractivity contribution in [1.29, 1.82) is 0 Å². The summed E-state index contributed by atoms with van der Waals surface area (Å²) in [6, 6.07) is 6.36. The molecule has 1 saturated heterocycles. The summed E-state index contributed by atoms with van der Waals surface area (Å²) < 4.78 is 13.5. The van der Waals surface area contributed by atoms with Crippen molar-refractivity contribution in [2.24, 2.45) is 0 Å². The van der Waals surface area contributed by atoms with Crippen LogP contribution in [0.1, 0.15) is 38.7 Å². The molecule has 1 fully saturated rings. The number of nitrogens with one attached hydrogen (secondary N) is 1. The average molecular weight is 264 g/mol. The number of likely N-dealkylation sites (tertiary alicyclic amines) is 1. The predicted molar refractivity (Wildman–Crippen MR) is 79.1 cm³/mol. The lowest BCUT2D eigenvalue weighted by atomic mass is 10.1. The molecule has 2 nitrogen and oxygen atoms in total. The lowest BCUT2D eigenvalue weighted by Gasteiger charge is -2.24. The first-order chi connectivity index (χ1) is 9.08. The van der Waals surface area contributed by atoms with Crippen molar-refractivity contribution < 1.29 is 4.39 Å². The summed E-state index contributed by atoms with van der Waals surface area (Å²) in [4.78, 5) is 2.53. The van der Waals surface area contributed by atoms with Crippen LogP contribution in [0.15, 0.2) is 18.2 Å². The lowest BCUT2D eigenvalue weighted by molar-refractivity contribution is 0.230. The lowest BCUT2D eigenvalue weighted by Crippen LogP contribution is -2.32. The molecule has 0 aliphatic carbocycles. The molecule has 0 amide bonds. The van der Waals surface area contributed by atoms with Crippen LogP contribution in [0.5, 0.6) is 0 Å². The van der Waals surface area contributed by atoms with Crippen molar-refractivity contribution in [2.45, 2.75) is 52.1 Å². The van der Waals surface area contributed by atoms with Crippen LogP contribution in [0.4, 0.5) is 10.1 Å².